The Morgan fingerprint density at radius 3 is 2.68 bits per heavy atom. The van der Waals surface area contributed by atoms with Crippen LogP contribution in [0.2, 0.25) is 0 Å². The van der Waals surface area contributed by atoms with Crippen LogP contribution in [0, 0.1) is 12.7 Å². The van der Waals surface area contributed by atoms with Gasteiger partial charge in [0.2, 0.25) is 0 Å². The number of hydrogen-bond acceptors (Lipinski definition) is 3. The third-order valence-corrected chi connectivity index (χ3v) is 2.97. The first-order valence-electron chi connectivity index (χ1n) is 6.46. The van der Waals surface area contributed by atoms with Crippen LogP contribution in [-0.4, -0.2) is 16.5 Å². The zero-order valence-electron chi connectivity index (χ0n) is 11.2. The molecule has 0 aliphatic heterocycles. The van der Waals surface area contributed by atoms with Gasteiger partial charge in [-0.3, -0.25) is 0 Å². The zero-order chi connectivity index (χ0) is 13.7. The van der Waals surface area contributed by atoms with Crippen molar-refractivity contribution < 1.29 is 4.39 Å². The average molecular weight is 259 g/mol. The molecule has 0 aliphatic carbocycles. The van der Waals surface area contributed by atoms with Crippen molar-refractivity contribution in [2.24, 2.45) is 0 Å². The molecule has 1 heterocycles. The molecular weight excluding hydrogens is 241 g/mol. The van der Waals surface area contributed by atoms with Gasteiger partial charge in [0, 0.05) is 23.5 Å². The highest BCUT2D eigenvalue weighted by molar-refractivity contribution is 5.33. The minimum Gasteiger partial charge on any atom is -0.306 e. The van der Waals surface area contributed by atoms with Crippen molar-refractivity contribution in [3.8, 4) is 0 Å². The predicted molar refractivity (Wildman–Crippen MR) is 73.3 cm³/mol. The zero-order valence-corrected chi connectivity index (χ0v) is 11.2. The SMILES string of the molecule is CCCNC(c1cncnc1)c1cc(C)ccc1F. The van der Waals surface area contributed by atoms with Crippen LogP contribution in [0.3, 0.4) is 0 Å². The predicted octanol–water partition coefficient (Wildman–Crippen LogP) is 3.01. The molecule has 19 heavy (non-hydrogen) atoms. The van der Waals surface area contributed by atoms with Crippen LogP contribution in [0.15, 0.2) is 36.9 Å². The van der Waals surface area contributed by atoms with Crippen LogP contribution in [0.25, 0.3) is 0 Å². The lowest BCUT2D eigenvalue weighted by Gasteiger charge is -2.19. The first-order valence-corrected chi connectivity index (χ1v) is 6.46. The topological polar surface area (TPSA) is 37.8 Å². The minimum atomic E-state index is -0.207. The van der Waals surface area contributed by atoms with Crippen LogP contribution < -0.4 is 5.32 Å². The van der Waals surface area contributed by atoms with Gasteiger partial charge in [0.1, 0.15) is 12.1 Å². The van der Waals surface area contributed by atoms with E-state index < -0.39 is 0 Å². The molecule has 1 atom stereocenters. The van der Waals surface area contributed by atoms with E-state index in [1.165, 1.54) is 12.4 Å². The van der Waals surface area contributed by atoms with E-state index in [4.69, 9.17) is 0 Å². The van der Waals surface area contributed by atoms with Gasteiger partial charge in [0.25, 0.3) is 0 Å². The summed E-state index contributed by atoms with van der Waals surface area (Å²) < 4.78 is 14.1. The van der Waals surface area contributed by atoms with Crippen LogP contribution in [0.1, 0.15) is 36.1 Å². The van der Waals surface area contributed by atoms with E-state index in [9.17, 15) is 4.39 Å². The molecule has 0 amide bonds. The maximum atomic E-state index is 14.1. The summed E-state index contributed by atoms with van der Waals surface area (Å²) in [7, 11) is 0. The van der Waals surface area contributed by atoms with Crippen LogP contribution >= 0.6 is 0 Å². The molecule has 0 spiro atoms. The molecule has 4 heteroatoms. The summed E-state index contributed by atoms with van der Waals surface area (Å²) in [5.74, 6) is -0.206. The third-order valence-electron chi connectivity index (χ3n) is 2.97. The Bertz CT molecular complexity index is 528. The standard InChI is InChI=1S/C15H18FN3/c1-3-6-19-15(12-8-17-10-18-9-12)13-7-11(2)4-5-14(13)16/h4-5,7-10,15,19H,3,6H2,1-2H3. The van der Waals surface area contributed by atoms with E-state index in [1.54, 1.807) is 18.5 Å². The molecule has 0 saturated carbocycles. The van der Waals surface area contributed by atoms with E-state index in [1.807, 2.05) is 13.0 Å². The summed E-state index contributed by atoms with van der Waals surface area (Å²) in [4.78, 5) is 8.04. The number of nitrogens with zero attached hydrogens (tertiary/aromatic N) is 2. The fourth-order valence-electron chi connectivity index (χ4n) is 2.04. The molecule has 0 saturated heterocycles. The fourth-order valence-corrected chi connectivity index (χ4v) is 2.04. The van der Waals surface area contributed by atoms with E-state index in [2.05, 4.69) is 22.2 Å². The number of rotatable bonds is 5. The van der Waals surface area contributed by atoms with Crippen LogP contribution in [-0.2, 0) is 0 Å². The molecule has 1 unspecified atom stereocenters. The van der Waals surface area contributed by atoms with Crippen LogP contribution in [0.5, 0.6) is 0 Å². The largest absolute Gasteiger partial charge is 0.306 e. The Morgan fingerprint density at radius 2 is 2.00 bits per heavy atom. The summed E-state index contributed by atoms with van der Waals surface area (Å²) in [6.07, 6.45) is 5.91. The Morgan fingerprint density at radius 1 is 1.26 bits per heavy atom. The van der Waals surface area contributed by atoms with Gasteiger partial charge in [0.15, 0.2) is 0 Å². The van der Waals surface area contributed by atoms with E-state index >= 15 is 0 Å². The lowest BCUT2D eigenvalue weighted by Crippen LogP contribution is -2.24. The van der Waals surface area contributed by atoms with Gasteiger partial charge < -0.3 is 5.32 Å². The fraction of sp³-hybridized carbons (Fsp3) is 0.333. The minimum absolute atomic E-state index is 0.206. The summed E-state index contributed by atoms with van der Waals surface area (Å²) in [6.45, 7) is 4.85. The summed E-state index contributed by atoms with van der Waals surface area (Å²) in [5.41, 5.74) is 2.56. The maximum absolute atomic E-state index is 14.1. The van der Waals surface area contributed by atoms with E-state index in [-0.39, 0.29) is 11.9 Å². The molecule has 2 rings (SSSR count). The van der Waals surface area contributed by atoms with Gasteiger partial charge in [0.05, 0.1) is 6.04 Å². The van der Waals surface area contributed by atoms with Crippen molar-refractivity contribution in [3.63, 3.8) is 0 Å². The van der Waals surface area contributed by atoms with Gasteiger partial charge >= 0.3 is 0 Å². The second-order valence-electron chi connectivity index (χ2n) is 4.58. The van der Waals surface area contributed by atoms with Crippen molar-refractivity contribution in [1.29, 1.82) is 0 Å². The summed E-state index contributed by atoms with van der Waals surface area (Å²) >= 11 is 0. The molecule has 3 nitrogen and oxygen atoms in total. The van der Waals surface area contributed by atoms with Gasteiger partial charge in [-0.1, -0.05) is 24.6 Å². The van der Waals surface area contributed by atoms with Crippen molar-refractivity contribution in [2.75, 3.05) is 6.54 Å². The molecule has 0 bridgehead atoms. The van der Waals surface area contributed by atoms with Gasteiger partial charge in [-0.25, -0.2) is 14.4 Å². The monoisotopic (exact) mass is 259 g/mol. The molecule has 1 aromatic carbocycles. The van der Waals surface area contributed by atoms with Crippen molar-refractivity contribution in [3.05, 3.63) is 59.4 Å². The van der Waals surface area contributed by atoms with Gasteiger partial charge in [-0.15, -0.1) is 0 Å². The highest BCUT2D eigenvalue weighted by Gasteiger charge is 2.17. The number of benzene rings is 1. The lowest BCUT2D eigenvalue weighted by atomic mass is 9.98. The number of halogens is 1. The number of aryl methyl sites for hydroxylation is 1. The third kappa shape index (κ3) is 3.35. The van der Waals surface area contributed by atoms with Crippen molar-refractivity contribution in [2.45, 2.75) is 26.3 Å². The molecule has 100 valence electrons. The smallest absolute Gasteiger partial charge is 0.128 e. The molecule has 0 aliphatic rings. The second-order valence-corrected chi connectivity index (χ2v) is 4.58. The van der Waals surface area contributed by atoms with Crippen LogP contribution in [0.4, 0.5) is 4.39 Å². The van der Waals surface area contributed by atoms with Crippen molar-refractivity contribution >= 4 is 0 Å². The highest BCUT2D eigenvalue weighted by Crippen LogP contribution is 2.24. The number of aromatic nitrogens is 2. The Labute approximate surface area is 112 Å². The first kappa shape index (κ1) is 13.6. The Hall–Kier alpha value is -1.81. The maximum Gasteiger partial charge on any atom is 0.128 e. The van der Waals surface area contributed by atoms with Crippen molar-refractivity contribution in [1.82, 2.24) is 15.3 Å². The lowest BCUT2D eigenvalue weighted by molar-refractivity contribution is 0.544. The summed E-state index contributed by atoms with van der Waals surface area (Å²) in [6, 6.07) is 4.95. The van der Waals surface area contributed by atoms with E-state index in [0.29, 0.717) is 5.56 Å². The molecule has 1 aromatic heterocycles. The summed E-state index contributed by atoms with van der Waals surface area (Å²) in [5, 5.41) is 3.35. The molecule has 0 fully saturated rings. The Balaban J connectivity index is 2.40. The second kappa shape index (κ2) is 6.38. The number of hydrogen-bond donors (Lipinski definition) is 1. The molecule has 0 radical (unpaired) electrons. The van der Waals surface area contributed by atoms with Gasteiger partial charge in [-0.2, -0.15) is 0 Å². The highest BCUT2D eigenvalue weighted by atomic mass is 19.1. The normalized spacial score (nSPS) is 12.4. The molecule has 2 aromatic rings. The average Bonchev–Trinajstić information content (AvgIpc) is 2.44. The van der Waals surface area contributed by atoms with E-state index in [0.717, 1.165) is 24.1 Å². The molecular formula is C15H18FN3. The quantitative estimate of drug-likeness (QED) is 0.897. The van der Waals surface area contributed by atoms with Gasteiger partial charge in [-0.05, 0) is 26.0 Å². The first-order chi connectivity index (χ1) is 9.22. The number of nitrogens with one attached hydrogen (secondary N) is 1. The molecule has 1 N–H and O–H groups in total. The Kier molecular flexibility index (Phi) is 4.58.